The van der Waals surface area contributed by atoms with E-state index in [0.717, 1.165) is 25.3 Å². The van der Waals surface area contributed by atoms with Gasteiger partial charge in [0.15, 0.2) is 0 Å². The summed E-state index contributed by atoms with van der Waals surface area (Å²) in [7, 11) is 1.63. The molecule has 1 aromatic heterocycles. The highest BCUT2D eigenvalue weighted by Gasteiger charge is 2.32. The maximum absolute atomic E-state index is 11.9. The average Bonchev–Trinajstić information content (AvgIpc) is 2.46. The molecule has 104 valence electrons. The maximum Gasteiger partial charge on any atom is 0.254 e. The Balaban J connectivity index is 2.29. The van der Waals surface area contributed by atoms with Crippen molar-refractivity contribution in [3.63, 3.8) is 0 Å². The second kappa shape index (κ2) is 5.57. The van der Waals surface area contributed by atoms with Crippen LogP contribution in [-0.4, -0.2) is 43.2 Å². The van der Waals surface area contributed by atoms with Gasteiger partial charge < -0.3 is 15.0 Å². The Labute approximate surface area is 114 Å². The molecule has 0 bridgehead atoms. The second-order valence-electron chi connectivity index (χ2n) is 5.03. The summed E-state index contributed by atoms with van der Waals surface area (Å²) in [5.74, 6) is 0.637. The van der Waals surface area contributed by atoms with E-state index >= 15 is 0 Å². The number of aromatic nitrogens is 1. The molecule has 2 heterocycles. The molecule has 1 N–H and O–H groups in total. The number of anilines is 1. The summed E-state index contributed by atoms with van der Waals surface area (Å²) in [6, 6.07) is 3.59. The van der Waals surface area contributed by atoms with Crippen LogP contribution in [0.25, 0.3) is 0 Å². The summed E-state index contributed by atoms with van der Waals surface area (Å²) < 4.78 is 5.82. The molecule has 1 saturated heterocycles. The largest absolute Gasteiger partial charge is 0.372 e. The van der Waals surface area contributed by atoms with Crippen molar-refractivity contribution in [2.75, 3.05) is 31.6 Å². The standard InChI is InChI=1S/C14H21N3O2/c1-4-14(2)10-17(8-9-19-14)12-11(13(18)15-3)6-5-7-16-12/h5-7H,4,8-10H2,1-3H3,(H,15,18). The van der Waals surface area contributed by atoms with E-state index in [-0.39, 0.29) is 11.5 Å². The smallest absolute Gasteiger partial charge is 0.254 e. The Bertz CT molecular complexity index is 464. The zero-order valence-corrected chi connectivity index (χ0v) is 11.8. The van der Waals surface area contributed by atoms with Crippen molar-refractivity contribution in [3.8, 4) is 0 Å². The molecule has 1 atom stereocenters. The normalized spacial score (nSPS) is 23.2. The Morgan fingerprint density at radius 1 is 1.63 bits per heavy atom. The van der Waals surface area contributed by atoms with Crippen LogP contribution in [0, 0.1) is 0 Å². The van der Waals surface area contributed by atoms with Crippen molar-refractivity contribution in [1.29, 1.82) is 0 Å². The number of ether oxygens (including phenoxy) is 1. The third-order valence-corrected chi connectivity index (χ3v) is 3.64. The molecule has 1 amide bonds. The molecule has 1 fully saturated rings. The molecule has 0 radical (unpaired) electrons. The summed E-state index contributed by atoms with van der Waals surface area (Å²) in [5.41, 5.74) is 0.445. The minimum absolute atomic E-state index is 0.104. The fraction of sp³-hybridized carbons (Fsp3) is 0.571. The van der Waals surface area contributed by atoms with Crippen LogP contribution >= 0.6 is 0 Å². The van der Waals surface area contributed by atoms with E-state index < -0.39 is 0 Å². The number of nitrogens with one attached hydrogen (secondary N) is 1. The summed E-state index contributed by atoms with van der Waals surface area (Å²) in [6.45, 7) is 6.39. The number of amides is 1. The number of carbonyl (C=O) groups is 1. The van der Waals surface area contributed by atoms with E-state index in [9.17, 15) is 4.79 Å². The highest BCUT2D eigenvalue weighted by molar-refractivity contribution is 5.98. The molecule has 0 saturated carbocycles. The molecule has 1 aliphatic rings. The average molecular weight is 263 g/mol. The minimum Gasteiger partial charge on any atom is -0.372 e. The zero-order chi connectivity index (χ0) is 13.9. The van der Waals surface area contributed by atoms with Crippen molar-refractivity contribution in [2.24, 2.45) is 0 Å². The third kappa shape index (κ3) is 2.87. The predicted octanol–water partition coefficient (Wildman–Crippen LogP) is 1.45. The first-order chi connectivity index (χ1) is 9.09. The van der Waals surface area contributed by atoms with Gasteiger partial charge in [-0.3, -0.25) is 4.79 Å². The molecule has 5 nitrogen and oxygen atoms in total. The Morgan fingerprint density at radius 3 is 3.11 bits per heavy atom. The van der Waals surface area contributed by atoms with Crippen LogP contribution in [0.1, 0.15) is 30.6 Å². The molecule has 0 aromatic carbocycles. The summed E-state index contributed by atoms with van der Waals surface area (Å²) in [6.07, 6.45) is 2.66. The van der Waals surface area contributed by atoms with Gasteiger partial charge in [-0.05, 0) is 25.5 Å². The predicted molar refractivity (Wildman–Crippen MR) is 74.5 cm³/mol. The fourth-order valence-corrected chi connectivity index (χ4v) is 2.29. The van der Waals surface area contributed by atoms with E-state index in [1.54, 1.807) is 25.4 Å². The van der Waals surface area contributed by atoms with E-state index in [1.165, 1.54) is 0 Å². The van der Waals surface area contributed by atoms with Gasteiger partial charge in [0.25, 0.3) is 5.91 Å². The third-order valence-electron chi connectivity index (χ3n) is 3.64. The molecule has 1 aliphatic heterocycles. The topological polar surface area (TPSA) is 54.5 Å². The molecule has 1 aromatic rings. The number of rotatable bonds is 3. The first-order valence-electron chi connectivity index (χ1n) is 6.65. The second-order valence-corrected chi connectivity index (χ2v) is 5.03. The van der Waals surface area contributed by atoms with Crippen LogP contribution in [0.4, 0.5) is 5.82 Å². The maximum atomic E-state index is 11.9. The highest BCUT2D eigenvalue weighted by atomic mass is 16.5. The lowest BCUT2D eigenvalue weighted by Crippen LogP contribution is -2.50. The van der Waals surface area contributed by atoms with Gasteiger partial charge in [0, 0.05) is 26.3 Å². The quantitative estimate of drug-likeness (QED) is 0.896. The lowest BCUT2D eigenvalue weighted by atomic mass is 10.0. The minimum atomic E-state index is -0.171. The van der Waals surface area contributed by atoms with Crippen LogP contribution in [0.3, 0.4) is 0 Å². The van der Waals surface area contributed by atoms with Gasteiger partial charge in [-0.15, -0.1) is 0 Å². The number of morpholine rings is 1. The van der Waals surface area contributed by atoms with Gasteiger partial charge >= 0.3 is 0 Å². The van der Waals surface area contributed by atoms with Crippen LogP contribution in [-0.2, 0) is 4.74 Å². The fourth-order valence-electron chi connectivity index (χ4n) is 2.29. The van der Waals surface area contributed by atoms with Crippen LogP contribution in [0.5, 0.6) is 0 Å². The molecule has 19 heavy (non-hydrogen) atoms. The summed E-state index contributed by atoms with van der Waals surface area (Å²) in [4.78, 5) is 18.4. The van der Waals surface area contributed by atoms with Crippen LogP contribution in [0.15, 0.2) is 18.3 Å². The molecule has 1 unspecified atom stereocenters. The Morgan fingerprint density at radius 2 is 2.42 bits per heavy atom. The number of hydrogen-bond acceptors (Lipinski definition) is 4. The molecule has 2 rings (SSSR count). The van der Waals surface area contributed by atoms with Gasteiger partial charge in [-0.25, -0.2) is 4.98 Å². The molecule has 0 spiro atoms. The van der Waals surface area contributed by atoms with Crippen molar-refractivity contribution in [1.82, 2.24) is 10.3 Å². The van der Waals surface area contributed by atoms with Crippen molar-refractivity contribution >= 4 is 11.7 Å². The lowest BCUT2D eigenvalue weighted by Gasteiger charge is -2.41. The van der Waals surface area contributed by atoms with E-state index in [4.69, 9.17) is 4.74 Å². The first kappa shape index (κ1) is 13.8. The highest BCUT2D eigenvalue weighted by Crippen LogP contribution is 2.26. The summed E-state index contributed by atoms with van der Waals surface area (Å²) >= 11 is 0. The van der Waals surface area contributed by atoms with Gasteiger partial charge in [-0.1, -0.05) is 6.92 Å². The van der Waals surface area contributed by atoms with Gasteiger partial charge in [-0.2, -0.15) is 0 Å². The van der Waals surface area contributed by atoms with E-state index in [1.807, 2.05) is 0 Å². The van der Waals surface area contributed by atoms with Gasteiger partial charge in [0.05, 0.1) is 17.8 Å². The van der Waals surface area contributed by atoms with Gasteiger partial charge in [0.1, 0.15) is 5.82 Å². The van der Waals surface area contributed by atoms with Crippen molar-refractivity contribution in [3.05, 3.63) is 23.9 Å². The Hall–Kier alpha value is -1.62. The van der Waals surface area contributed by atoms with Crippen molar-refractivity contribution < 1.29 is 9.53 Å². The monoisotopic (exact) mass is 263 g/mol. The zero-order valence-electron chi connectivity index (χ0n) is 11.8. The molecule has 0 aliphatic carbocycles. The van der Waals surface area contributed by atoms with Gasteiger partial charge in [0.2, 0.25) is 0 Å². The van der Waals surface area contributed by atoms with Crippen molar-refractivity contribution in [2.45, 2.75) is 25.9 Å². The summed E-state index contributed by atoms with van der Waals surface area (Å²) in [5, 5.41) is 2.66. The number of pyridine rings is 1. The van der Waals surface area contributed by atoms with E-state index in [0.29, 0.717) is 12.2 Å². The SMILES string of the molecule is CCC1(C)CN(c2ncccc2C(=O)NC)CCO1. The lowest BCUT2D eigenvalue weighted by molar-refractivity contribution is -0.0443. The molecular formula is C14H21N3O2. The first-order valence-corrected chi connectivity index (χ1v) is 6.65. The van der Waals surface area contributed by atoms with Crippen LogP contribution in [0.2, 0.25) is 0 Å². The molecule has 5 heteroatoms. The number of carbonyl (C=O) groups excluding carboxylic acids is 1. The Kier molecular flexibility index (Phi) is 4.04. The molecular weight excluding hydrogens is 242 g/mol. The number of hydrogen-bond donors (Lipinski definition) is 1. The number of nitrogens with zero attached hydrogens (tertiary/aromatic N) is 2. The van der Waals surface area contributed by atoms with E-state index in [2.05, 4.69) is 29.0 Å². The van der Waals surface area contributed by atoms with Crippen LogP contribution < -0.4 is 10.2 Å².